The average Bonchev–Trinajstić information content (AvgIpc) is 3.04. The largest absolute Gasteiger partial charge is 0.332 e. The lowest BCUT2D eigenvalue weighted by Gasteiger charge is -2.05. The van der Waals surface area contributed by atoms with Crippen molar-refractivity contribution in [1.82, 2.24) is 10.3 Å². The summed E-state index contributed by atoms with van der Waals surface area (Å²) in [6.45, 7) is 2.47. The normalized spacial score (nSPS) is 10.3. The number of rotatable bonds is 4. The first-order valence-corrected chi connectivity index (χ1v) is 8.20. The number of nitrogens with zero attached hydrogens (tertiary/aromatic N) is 1. The van der Waals surface area contributed by atoms with E-state index in [1.54, 1.807) is 11.3 Å². The van der Waals surface area contributed by atoms with Crippen molar-refractivity contribution < 1.29 is 4.79 Å². The highest BCUT2D eigenvalue weighted by Crippen LogP contribution is 2.23. The average molecular weight is 323 g/mol. The Labute approximate surface area is 139 Å². The first-order chi connectivity index (χ1) is 11.2. The number of para-hydroxylation sites is 1. The molecule has 0 spiro atoms. The van der Waals surface area contributed by atoms with Crippen LogP contribution in [-0.2, 0) is 6.54 Å². The van der Waals surface area contributed by atoms with Gasteiger partial charge < -0.3 is 10.6 Å². The number of urea groups is 1. The van der Waals surface area contributed by atoms with Gasteiger partial charge in [0.1, 0.15) is 5.01 Å². The van der Waals surface area contributed by atoms with E-state index in [4.69, 9.17) is 0 Å². The van der Waals surface area contributed by atoms with Gasteiger partial charge in [-0.2, -0.15) is 0 Å². The van der Waals surface area contributed by atoms with Crippen molar-refractivity contribution in [1.29, 1.82) is 0 Å². The fourth-order valence-corrected chi connectivity index (χ4v) is 2.91. The molecule has 0 saturated heterocycles. The summed E-state index contributed by atoms with van der Waals surface area (Å²) < 4.78 is 0. The van der Waals surface area contributed by atoms with Crippen molar-refractivity contribution >= 4 is 23.1 Å². The fourth-order valence-electron chi connectivity index (χ4n) is 2.08. The molecule has 0 atom stereocenters. The van der Waals surface area contributed by atoms with Gasteiger partial charge in [0.05, 0.1) is 12.2 Å². The number of benzene rings is 2. The number of nitrogens with one attached hydrogen (secondary N) is 2. The first-order valence-electron chi connectivity index (χ1n) is 7.32. The molecule has 3 rings (SSSR count). The van der Waals surface area contributed by atoms with Crippen LogP contribution in [0.2, 0.25) is 0 Å². The standard InChI is InChI=1S/C18H17N3OS/c1-13-7-9-14(10-8-13)17-20-16(12-23-17)11-19-18(22)21-15-5-3-2-4-6-15/h2-10,12H,11H2,1H3,(H2,19,21,22). The summed E-state index contributed by atoms with van der Waals surface area (Å²) in [5.74, 6) is 0. The second-order valence-electron chi connectivity index (χ2n) is 5.18. The Hall–Kier alpha value is -2.66. The van der Waals surface area contributed by atoms with Crippen LogP contribution in [0.1, 0.15) is 11.3 Å². The van der Waals surface area contributed by atoms with E-state index in [-0.39, 0.29) is 6.03 Å². The molecule has 2 N–H and O–H groups in total. The van der Waals surface area contributed by atoms with E-state index in [9.17, 15) is 4.79 Å². The van der Waals surface area contributed by atoms with Gasteiger partial charge in [0, 0.05) is 16.6 Å². The molecule has 0 aliphatic carbocycles. The van der Waals surface area contributed by atoms with Crippen LogP contribution in [0.25, 0.3) is 10.6 Å². The quantitative estimate of drug-likeness (QED) is 0.746. The van der Waals surface area contributed by atoms with Gasteiger partial charge >= 0.3 is 6.03 Å². The molecule has 1 heterocycles. The van der Waals surface area contributed by atoms with Crippen molar-refractivity contribution in [3.05, 3.63) is 71.2 Å². The van der Waals surface area contributed by atoms with Gasteiger partial charge in [-0.25, -0.2) is 9.78 Å². The van der Waals surface area contributed by atoms with Gasteiger partial charge in [-0.05, 0) is 19.1 Å². The molecule has 116 valence electrons. The second-order valence-corrected chi connectivity index (χ2v) is 6.04. The van der Waals surface area contributed by atoms with E-state index < -0.39 is 0 Å². The summed E-state index contributed by atoms with van der Waals surface area (Å²) in [4.78, 5) is 16.4. The molecule has 2 amide bonds. The molecule has 0 bridgehead atoms. The number of thiazole rings is 1. The Balaban J connectivity index is 1.57. The number of carbonyl (C=O) groups is 1. The van der Waals surface area contributed by atoms with Crippen LogP contribution >= 0.6 is 11.3 Å². The van der Waals surface area contributed by atoms with Gasteiger partial charge in [0.15, 0.2) is 0 Å². The zero-order valence-corrected chi connectivity index (χ0v) is 13.6. The molecule has 0 unspecified atom stereocenters. The number of aryl methyl sites for hydroxylation is 1. The molecule has 2 aromatic carbocycles. The maximum Gasteiger partial charge on any atom is 0.319 e. The lowest BCUT2D eigenvalue weighted by molar-refractivity contribution is 0.251. The third-order valence-electron chi connectivity index (χ3n) is 3.31. The number of amides is 2. The summed E-state index contributed by atoms with van der Waals surface area (Å²) in [5, 5.41) is 8.53. The molecule has 3 aromatic rings. The highest BCUT2D eigenvalue weighted by molar-refractivity contribution is 7.13. The maximum absolute atomic E-state index is 11.9. The Morgan fingerprint density at radius 3 is 2.57 bits per heavy atom. The molecule has 1 aromatic heterocycles. The minimum atomic E-state index is -0.235. The fraction of sp³-hybridized carbons (Fsp3) is 0.111. The second kappa shape index (κ2) is 7.07. The van der Waals surface area contributed by atoms with Gasteiger partial charge in [-0.1, -0.05) is 48.0 Å². The van der Waals surface area contributed by atoms with Crippen molar-refractivity contribution in [3.63, 3.8) is 0 Å². The Morgan fingerprint density at radius 2 is 1.83 bits per heavy atom. The summed E-state index contributed by atoms with van der Waals surface area (Å²) >= 11 is 1.58. The predicted molar refractivity (Wildman–Crippen MR) is 94.6 cm³/mol. The van der Waals surface area contributed by atoms with Crippen LogP contribution in [0.5, 0.6) is 0 Å². The van der Waals surface area contributed by atoms with E-state index in [2.05, 4.69) is 46.8 Å². The van der Waals surface area contributed by atoms with Gasteiger partial charge in [0.25, 0.3) is 0 Å². The number of anilines is 1. The molecule has 5 heteroatoms. The molecular weight excluding hydrogens is 306 g/mol. The third kappa shape index (κ3) is 4.17. The van der Waals surface area contributed by atoms with E-state index in [0.29, 0.717) is 6.54 Å². The van der Waals surface area contributed by atoms with Gasteiger partial charge in [-0.15, -0.1) is 11.3 Å². The third-order valence-corrected chi connectivity index (χ3v) is 4.25. The number of carbonyl (C=O) groups excluding carboxylic acids is 1. The molecule has 0 saturated carbocycles. The highest BCUT2D eigenvalue weighted by Gasteiger charge is 2.06. The molecule has 0 aliphatic rings. The van der Waals surface area contributed by atoms with Crippen molar-refractivity contribution in [2.45, 2.75) is 13.5 Å². The van der Waals surface area contributed by atoms with Crippen LogP contribution in [0.3, 0.4) is 0 Å². The highest BCUT2D eigenvalue weighted by atomic mass is 32.1. The van der Waals surface area contributed by atoms with Crippen molar-refractivity contribution in [2.24, 2.45) is 0 Å². The maximum atomic E-state index is 11.9. The van der Waals surface area contributed by atoms with Crippen LogP contribution < -0.4 is 10.6 Å². The minimum Gasteiger partial charge on any atom is -0.332 e. The molecule has 0 radical (unpaired) electrons. The SMILES string of the molecule is Cc1ccc(-c2nc(CNC(=O)Nc3ccccc3)cs2)cc1. The van der Waals surface area contributed by atoms with E-state index in [0.717, 1.165) is 22.0 Å². The zero-order valence-electron chi connectivity index (χ0n) is 12.7. The molecule has 0 fully saturated rings. The monoisotopic (exact) mass is 323 g/mol. The van der Waals surface area contributed by atoms with Crippen molar-refractivity contribution in [2.75, 3.05) is 5.32 Å². The first kappa shape index (κ1) is 15.2. The van der Waals surface area contributed by atoms with Crippen LogP contribution in [0, 0.1) is 6.92 Å². The van der Waals surface area contributed by atoms with Gasteiger partial charge in [-0.3, -0.25) is 0 Å². The van der Waals surface area contributed by atoms with E-state index in [1.807, 2.05) is 35.7 Å². The summed E-state index contributed by atoms with van der Waals surface area (Å²) in [6.07, 6.45) is 0. The predicted octanol–water partition coefficient (Wildman–Crippen LogP) is 4.44. The molecule has 23 heavy (non-hydrogen) atoms. The number of aromatic nitrogens is 1. The molecule has 0 aliphatic heterocycles. The van der Waals surface area contributed by atoms with Crippen LogP contribution in [0.4, 0.5) is 10.5 Å². The smallest absolute Gasteiger partial charge is 0.319 e. The van der Waals surface area contributed by atoms with Gasteiger partial charge in [0.2, 0.25) is 0 Å². The Morgan fingerprint density at radius 1 is 1.09 bits per heavy atom. The van der Waals surface area contributed by atoms with Crippen LogP contribution in [0.15, 0.2) is 60.0 Å². The summed E-state index contributed by atoms with van der Waals surface area (Å²) in [7, 11) is 0. The summed E-state index contributed by atoms with van der Waals surface area (Å²) in [5.41, 5.74) is 3.95. The van der Waals surface area contributed by atoms with Crippen LogP contribution in [-0.4, -0.2) is 11.0 Å². The van der Waals surface area contributed by atoms with Crippen molar-refractivity contribution in [3.8, 4) is 10.6 Å². The lowest BCUT2D eigenvalue weighted by Crippen LogP contribution is -2.28. The number of hydrogen-bond acceptors (Lipinski definition) is 3. The lowest BCUT2D eigenvalue weighted by atomic mass is 10.2. The number of hydrogen-bond donors (Lipinski definition) is 2. The van der Waals surface area contributed by atoms with E-state index >= 15 is 0 Å². The molecular formula is C18H17N3OS. The Kier molecular flexibility index (Phi) is 4.68. The zero-order chi connectivity index (χ0) is 16.1. The Bertz CT molecular complexity index is 782. The van der Waals surface area contributed by atoms with E-state index in [1.165, 1.54) is 5.56 Å². The summed E-state index contributed by atoms with van der Waals surface area (Å²) in [6, 6.07) is 17.4. The minimum absolute atomic E-state index is 0.235. The topological polar surface area (TPSA) is 54.0 Å². The molecule has 4 nitrogen and oxygen atoms in total.